The average molecular weight is 509 g/mol. The lowest BCUT2D eigenvalue weighted by molar-refractivity contribution is -0.274. The number of hydrogen-bond acceptors (Lipinski definition) is 7. The third kappa shape index (κ3) is 6.29. The second-order valence-electron chi connectivity index (χ2n) is 8.37. The number of benzene rings is 1. The molecule has 1 aromatic heterocycles. The normalized spacial score (nSPS) is 15.4. The molecule has 194 valence electrons. The zero-order valence-corrected chi connectivity index (χ0v) is 19.9. The van der Waals surface area contributed by atoms with Crippen molar-refractivity contribution in [1.29, 1.82) is 0 Å². The molecular weight excluding hydrogens is 483 g/mol. The van der Waals surface area contributed by atoms with Crippen molar-refractivity contribution in [2.45, 2.75) is 32.3 Å². The molecule has 2 aromatic rings. The molecule has 2 heterocycles. The van der Waals surface area contributed by atoms with Gasteiger partial charge in [-0.2, -0.15) is 0 Å². The van der Waals surface area contributed by atoms with E-state index < -0.39 is 35.5 Å². The molecule has 36 heavy (non-hydrogen) atoms. The first-order valence-corrected chi connectivity index (χ1v) is 10.9. The van der Waals surface area contributed by atoms with Gasteiger partial charge in [-0.3, -0.25) is 14.6 Å². The zero-order valence-electron chi connectivity index (χ0n) is 19.9. The molecule has 0 spiro atoms. The van der Waals surface area contributed by atoms with Crippen LogP contribution in [0, 0.1) is 0 Å². The van der Waals surface area contributed by atoms with E-state index in [1.807, 2.05) is 0 Å². The Morgan fingerprint density at radius 1 is 1.14 bits per heavy atom. The second kappa shape index (κ2) is 10.9. The maximum atomic E-state index is 13.3. The minimum Gasteiger partial charge on any atom is -0.404 e. The number of hydrogen-bond donors (Lipinski definition) is 2. The van der Waals surface area contributed by atoms with Crippen LogP contribution in [-0.2, 0) is 20.9 Å². The average Bonchev–Trinajstić information content (AvgIpc) is 2.97. The second-order valence-corrected chi connectivity index (χ2v) is 8.37. The summed E-state index contributed by atoms with van der Waals surface area (Å²) < 4.78 is 47.7. The first-order chi connectivity index (χ1) is 16.9. The molecule has 3 rings (SSSR count). The van der Waals surface area contributed by atoms with Crippen LogP contribution in [0.2, 0.25) is 0 Å². The Kier molecular flexibility index (Phi) is 8.15. The highest BCUT2D eigenvalue weighted by molar-refractivity contribution is 6.23. The summed E-state index contributed by atoms with van der Waals surface area (Å²) in [5.74, 6) is -1.93. The van der Waals surface area contributed by atoms with Gasteiger partial charge in [-0.1, -0.05) is 0 Å². The SMILES string of the molecule is COCCNCC(=O)Nc1cc(N2C(=O)N(Cc3ccncc3)C(C)(C)C2=O)ccc1OC(F)(F)F. The summed E-state index contributed by atoms with van der Waals surface area (Å²) in [6.45, 7) is 3.72. The number of aromatic nitrogens is 1. The van der Waals surface area contributed by atoms with E-state index in [4.69, 9.17) is 4.74 Å². The summed E-state index contributed by atoms with van der Waals surface area (Å²) in [6.07, 6.45) is -1.91. The third-order valence-electron chi connectivity index (χ3n) is 5.40. The number of rotatable bonds is 10. The number of carbonyl (C=O) groups is 3. The summed E-state index contributed by atoms with van der Waals surface area (Å²) in [5.41, 5.74) is -0.873. The molecule has 4 amide bonds. The highest BCUT2D eigenvalue weighted by Crippen LogP contribution is 2.38. The van der Waals surface area contributed by atoms with Crippen molar-refractivity contribution in [2.75, 3.05) is 37.0 Å². The molecule has 1 aliphatic rings. The van der Waals surface area contributed by atoms with Crippen LogP contribution in [0.15, 0.2) is 42.7 Å². The fourth-order valence-electron chi connectivity index (χ4n) is 3.54. The minimum absolute atomic E-state index is 0.0209. The lowest BCUT2D eigenvalue weighted by atomic mass is 10.0. The summed E-state index contributed by atoms with van der Waals surface area (Å²) in [4.78, 5) is 44.9. The van der Waals surface area contributed by atoms with Crippen molar-refractivity contribution < 1.29 is 37.0 Å². The number of methoxy groups -OCH3 is 1. The van der Waals surface area contributed by atoms with E-state index in [0.717, 1.165) is 28.7 Å². The smallest absolute Gasteiger partial charge is 0.404 e. The monoisotopic (exact) mass is 509 g/mol. The number of urea groups is 1. The Balaban J connectivity index is 1.89. The molecule has 1 aromatic carbocycles. The summed E-state index contributed by atoms with van der Waals surface area (Å²) in [6, 6.07) is 5.92. The van der Waals surface area contributed by atoms with Crippen LogP contribution in [0.25, 0.3) is 0 Å². The van der Waals surface area contributed by atoms with E-state index in [9.17, 15) is 27.6 Å². The molecule has 13 heteroatoms. The molecular formula is C23H26F3N5O5. The van der Waals surface area contributed by atoms with Gasteiger partial charge in [-0.15, -0.1) is 13.2 Å². The summed E-state index contributed by atoms with van der Waals surface area (Å²) in [7, 11) is 1.48. The number of pyridine rings is 1. The molecule has 0 atom stereocenters. The standard InChI is InChI=1S/C23H26F3N5O5/c1-22(2)20(33)31(21(34)30(22)14-15-6-8-27-9-7-15)16-4-5-18(36-23(24,25)26)17(12-16)29-19(32)13-28-10-11-35-3/h4-9,12,28H,10-11,13-14H2,1-3H3,(H,29,32). The van der Waals surface area contributed by atoms with Crippen molar-refractivity contribution >= 4 is 29.2 Å². The number of alkyl halides is 3. The van der Waals surface area contributed by atoms with Crippen molar-refractivity contribution in [2.24, 2.45) is 0 Å². The van der Waals surface area contributed by atoms with Crippen LogP contribution in [0.4, 0.5) is 29.3 Å². The summed E-state index contributed by atoms with van der Waals surface area (Å²) in [5, 5.41) is 5.11. The number of carbonyl (C=O) groups excluding carboxylic acids is 3. The Morgan fingerprint density at radius 2 is 1.83 bits per heavy atom. The topological polar surface area (TPSA) is 113 Å². The number of amides is 4. The lowest BCUT2D eigenvalue weighted by Crippen LogP contribution is -2.43. The van der Waals surface area contributed by atoms with Crippen LogP contribution in [-0.4, -0.2) is 66.4 Å². The van der Waals surface area contributed by atoms with Gasteiger partial charge in [0, 0.05) is 32.6 Å². The Bertz CT molecular complexity index is 1110. The molecule has 0 aliphatic carbocycles. The van der Waals surface area contributed by atoms with Crippen molar-refractivity contribution in [3.63, 3.8) is 0 Å². The van der Waals surface area contributed by atoms with E-state index >= 15 is 0 Å². The van der Waals surface area contributed by atoms with Crippen LogP contribution >= 0.6 is 0 Å². The van der Waals surface area contributed by atoms with E-state index in [1.165, 1.54) is 12.0 Å². The number of ether oxygens (including phenoxy) is 2. The highest BCUT2D eigenvalue weighted by Gasteiger charge is 2.52. The van der Waals surface area contributed by atoms with Gasteiger partial charge in [0.15, 0.2) is 5.75 Å². The fraction of sp³-hybridized carbons (Fsp3) is 0.391. The zero-order chi connectivity index (χ0) is 26.5. The number of nitrogens with zero attached hydrogens (tertiary/aromatic N) is 3. The molecule has 1 fully saturated rings. The first kappa shape index (κ1) is 26.9. The third-order valence-corrected chi connectivity index (χ3v) is 5.40. The fourth-order valence-corrected chi connectivity index (χ4v) is 3.54. The van der Waals surface area contributed by atoms with E-state index in [1.54, 1.807) is 38.4 Å². The lowest BCUT2D eigenvalue weighted by Gasteiger charge is -2.27. The number of imide groups is 1. The Labute approximate surface area is 205 Å². The van der Waals surface area contributed by atoms with Gasteiger partial charge >= 0.3 is 12.4 Å². The van der Waals surface area contributed by atoms with E-state index in [2.05, 4.69) is 20.4 Å². The molecule has 0 saturated carbocycles. The maximum absolute atomic E-state index is 13.3. The van der Waals surface area contributed by atoms with Gasteiger partial charge in [-0.05, 0) is 49.7 Å². The van der Waals surface area contributed by atoms with Gasteiger partial charge in [0.2, 0.25) is 5.91 Å². The molecule has 0 bridgehead atoms. The van der Waals surface area contributed by atoms with Crippen LogP contribution in [0.5, 0.6) is 5.75 Å². The predicted molar refractivity (Wildman–Crippen MR) is 123 cm³/mol. The Hall–Kier alpha value is -3.71. The van der Waals surface area contributed by atoms with Gasteiger partial charge in [0.05, 0.1) is 24.5 Å². The molecule has 2 N–H and O–H groups in total. The van der Waals surface area contributed by atoms with Crippen LogP contribution in [0.3, 0.4) is 0 Å². The van der Waals surface area contributed by atoms with E-state index in [-0.39, 0.29) is 24.5 Å². The van der Waals surface area contributed by atoms with Crippen molar-refractivity contribution in [1.82, 2.24) is 15.2 Å². The Morgan fingerprint density at radius 3 is 2.47 bits per heavy atom. The maximum Gasteiger partial charge on any atom is 0.573 e. The largest absolute Gasteiger partial charge is 0.573 e. The summed E-state index contributed by atoms with van der Waals surface area (Å²) >= 11 is 0. The minimum atomic E-state index is -5.03. The first-order valence-electron chi connectivity index (χ1n) is 10.9. The van der Waals surface area contributed by atoms with Gasteiger partial charge in [-0.25, -0.2) is 9.69 Å². The van der Waals surface area contributed by atoms with Crippen molar-refractivity contribution in [3.05, 3.63) is 48.3 Å². The quantitative estimate of drug-likeness (QED) is 0.374. The van der Waals surface area contributed by atoms with Crippen LogP contribution < -0.4 is 20.3 Å². The van der Waals surface area contributed by atoms with Gasteiger partial charge < -0.3 is 25.0 Å². The number of halogens is 3. The molecule has 1 saturated heterocycles. The molecule has 0 unspecified atom stereocenters. The van der Waals surface area contributed by atoms with Crippen LogP contribution in [0.1, 0.15) is 19.4 Å². The molecule has 0 radical (unpaired) electrons. The molecule has 1 aliphatic heterocycles. The highest BCUT2D eigenvalue weighted by atomic mass is 19.4. The van der Waals surface area contributed by atoms with Gasteiger partial charge in [0.1, 0.15) is 5.54 Å². The number of anilines is 2. The predicted octanol–water partition coefficient (Wildman–Crippen LogP) is 2.90. The molecule has 10 nitrogen and oxygen atoms in total. The van der Waals surface area contributed by atoms with Gasteiger partial charge in [0.25, 0.3) is 5.91 Å². The number of nitrogens with one attached hydrogen (secondary N) is 2. The van der Waals surface area contributed by atoms with Crippen molar-refractivity contribution in [3.8, 4) is 5.75 Å². The van der Waals surface area contributed by atoms with E-state index in [0.29, 0.717) is 13.2 Å².